The van der Waals surface area contributed by atoms with Crippen molar-refractivity contribution in [3.63, 3.8) is 0 Å². The van der Waals surface area contributed by atoms with Gasteiger partial charge in [0, 0.05) is 24.1 Å². The van der Waals surface area contributed by atoms with E-state index in [0.29, 0.717) is 12.5 Å². The van der Waals surface area contributed by atoms with Crippen molar-refractivity contribution in [2.75, 3.05) is 13.2 Å². The first-order valence-electron chi connectivity index (χ1n) is 7.85. The fraction of sp³-hybridized carbons (Fsp3) is 0.688. The molecule has 0 saturated carbocycles. The van der Waals surface area contributed by atoms with Gasteiger partial charge in [-0.1, -0.05) is 0 Å². The molecule has 0 amide bonds. The Hall–Kier alpha value is -1.11. The zero-order valence-corrected chi connectivity index (χ0v) is 14.0. The molecule has 0 bridgehead atoms. The summed E-state index contributed by atoms with van der Waals surface area (Å²) < 4.78 is 23.3. The molecular formula is C16H24BNO4. The van der Waals surface area contributed by atoms with E-state index < -0.39 is 0 Å². The van der Waals surface area contributed by atoms with Crippen LogP contribution in [0.2, 0.25) is 0 Å². The minimum Gasteiger partial charge on any atom is -0.472 e. The molecule has 2 aliphatic heterocycles. The second kappa shape index (κ2) is 5.51. The average molecular weight is 305 g/mol. The molecule has 0 unspecified atom stereocenters. The van der Waals surface area contributed by atoms with E-state index in [0.717, 1.165) is 24.1 Å². The number of aromatic nitrogens is 1. The van der Waals surface area contributed by atoms with Gasteiger partial charge in [0.25, 0.3) is 0 Å². The molecule has 2 fully saturated rings. The van der Waals surface area contributed by atoms with Crippen molar-refractivity contribution in [1.82, 2.24) is 4.98 Å². The molecule has 0 radical (unpaired) electrons. The van der Waals surface area contributed by atoms with Gasteiger partial charge in [0.1, 0.15) is 6.10 Å². The van der Waals surface area contributed by atoms with Crippen molar-refractivity contribution in [1.29, 1.82) is 0 Å². The van der Waals surface area contributed by atoms with Gasteiger partial charge in [-0.3, -0.25) is 0 Å². The van der Waals surface area contributed by atoms with Gasteiger partial charge in [-0.15, -0.1) is 0 Å². The second-order valence-corrected chi connectivity index (χ2v) is 7.07. The van der Waals surface area contributed by atoms with Gasteiger partial charge in [-0.05, 0) is 40.2 Å². The van der Waals surface area contributed by atoms with Crippen molar-refractivity contribution < 1.29 is 18.8 Å². The minimum absolute atomic E-state index is 0.106. The highest BCUT2D eigenvalue weighted by molar-refractivity contribution is 6.62. The zero-order valence-electron chi connectivity index (χ0n) is 14.0. The van der Waals surface area contributed by atoms with Crippen LogP contribution < -0.4 is 10.2 Å². The molecule has 22 heavy (non-hydrogen) atoms. The summed E-state index contributed by atoms with van der Waals surface area (Å²) in [5.74, 6) is 0.633. The topological polar surface area (TPSA) is 49.8 Å². The number of rotatable bonds is 3. The van der Waals surface area contributed by atoms with E-state index in [2.05, 4.69) is 4.98 Å². The Morgan fingerprint density at radius 2 is 1.91 bits per heavy atom. The van der Waals surface area contributed by atoms with E-state index in [-0.39, 0.29) is 24.4 Å². The fourth-order valence-electron chi connectivity index (χ4n) is 2.60. The van der Waals surface area contributed by atoms with Crippen molar-refractivity contribution >= 4 is 12.6 Å². The SMILES string of the molecule is Cc1cc(O[C@H]2CCOC2)ncc1B1OC(C)(C)C(C)(C)O1. The molecule has 6 heteroatoms. The molecule has 0 aliphatic carbocycles. The second-order valence-electron chi connectivity index (χ2n) is 7.07. The number of hydrogen-bond donors (Lipinski definition) is 0. The standard InChI is InChI=1S/C16H24BNO4/c1-11-8-14(20-12-6-7-19-10-12)18-9-13(11)17-21-15(2,3)16(4,5)22-17/h8-9,12H,6-7,10H2,1-5H3/t12-/m0/s1. The van der Waals surface area contributed by atoms with Crippen molar-refractivity contribution in [3.8, 4) is 5.88 Å². The molecule has 3 rings (SSSR count). The van der Waals surface area contributed by atoms with Gasteiger partial charge in [0.15, 0.2) is 0 Å². The maximum Gasteiger partial charge on any atom is 0.496 e. The molecule has 1 aromatic heterocycles. The van der Waals surface area contributed by atoms with Crippen molar-refractivity contribution in [2.45, 2.75) is 58.3 Å². The Morgan fingerprint density at radius 3 is 2.45 bits per heavy atom. The molecule has 120 valence electrons. The van der Waals surface area contributed by atoms with Crippen LogP contribution in [0.25, 0.3) is 0 Å². The highest BCUT2D eigenvalue weighted by Crippen LogP contribution is 2.36. The van der Waals surface area contributed by atoms with Gasteiger partial charge in [-0.2, -0.15) is 0 Å². The van der Waals surface area contributed by atoms with E-state index in [1.165, 1.54) is 0 Å². The van der Waals surface area contributed by atoms with Gasteiger partial charge < -0.3 is 18.8 Å². The zero-order chi connectivity index (χ0) is 16.0. The van der Waals surface area contributed by atoms with Crippen LogP contribution in [-0.2, 0) is 14.0 Å². The lowest BCUT2D eigenvalue weighted by Crippen LogP contribution is -2.41. The quantitative estimate of drug-likeness (QED) is 0.798. The van der Waals surface area contributed by atoms with Crippen LogP contribution in [0.3, 0.4) is 0 Å². The Morgan fingerprint density at radius 1 is 1.23 bits per heavy atom. The summed E-state index contributed by atoms with van der Waals surface area (Å²) in [6, 6.07) is 1.94. The number of ether oxygens (including phenoxy) is 2. The normalized spacial score (nSPS) is 26.4. The Bertz CT molecular complexity index is 539. The molecule has 0 spiro atoms. The Kier molecular flexibility index (Phi) is 3.95. The van der Waals surface area contributed by atoms with Gasteiger partial charge in [0.2, 0.25) is 5.88 Å². The summed E-state index contributed by atoms with van der Waals surface area (Å²) in [4.78, 5) is 4.41. The maximum atomic E-state index is 6.08. The summed E-state index contributed by atoms with van der Waals surface area (Å²) in [5.41, 5.74) is 1.32. The molecule has 1 atom stereocenters. The molecule has 5 nitrogen and oxygen atoms in total. The predicted octanol–water partition coefficient (Wildman–Crippen LogP) is 1.86. The predicted molar refractivity (Wildman–Crippen MR) is 84.5 cm³/mol. The van der Waals surface area contributed by atoms with Crippen LogP contribution in [0.15, 0.2) is 12.3 Å². The first kappa shape index (κ1) is 15.8. The molecule has 0 N–H and O–H groups in total. The van der Waals surface area contributed by atoms with Crippen LogP contribution in [-0.4, -0.2) is 42.6 Å². The third-order valence-electron chi connectivity index (χ3n) is 4.81. The number of pyridine rings is 1. The molecule has 2 saturated heterocycles. The number of nitrogens with zero attached hydrogens (tertiary/aromatic N) is 1. The average Bonchev–Trinajstić information content (AvgIpc) is 2.96. The lowest BCUT2D eigenvalue weighted by molar-refractivity contribution is 0.00578. The molecule has 3 heterocycles. The third kappa shape index (κ3) is 2.87. The largest absolute Gasteiger partial charge is 0.496 e. The monoisotopic (exact) mass is 305 g/mol. The Balaban J connectivity index is 1.75. The van der Waals surface area contributed by atoms with Gasteiger partial charge >= 0.3 is 7.12 Å². The van der Waals surface area contributed by atoms with E-state index in [1.54, 1.807) is 6.20 Å². The van der Waals surface area contributed by atoms with Gasteiger partial charge in [-0.25, -0.2) is 4.98 Å². The van der Waals surface area contributed by atoms with E-state index in [4.69, 9.17) is 18.8 Å². The summed E-state index contributed by atoms with van der Waals surface area (Å²) in [7, 11) is -0.388. The molecule has 0 aromatic carbocycles. The molecular weight excluding hydrogens is 281 g/mol. The van der Waals surface area contributed by atoms with E-state index in [9.17, 15) is 0 Å². The number of aryl methyl sites for hydroxylation is 1. The third-order valence-corrected chi connectivity index (χ3v) is 4.81. The summed E-state index contributed by atoms with van der Waals surface area (Å²) >= 11 is 0. The fourth-order valence-corrected chi connectivity index (χ4v) is 2.60. The van der Waals surface area contributed by atoms with Crippen molar-refractivity contribution in [3.05, 3.63) is 17.8 Å². The first-order valence-corrected chi connectivity index (χ1v) is 7.85. The van der Waals surface area contributed by atoms with Crippen LogP contribution in [0.4, 0.5) is 0 Å². The molecule has 2 aliphatic rings. The highest BCUT2D eigenvalue weighted by Gasteiger charge is 2.52. The van der Waals surface area contributed by atoms with Crippen LogP contribution in [0.5, 0.6) is 5.88 Å². The Labute approximate surface area is 132 Å². The van der Waals surface area contributed by atoms with Crippen LogP contribution in [0.1, 0.15) is 39.7 Å². The smallest absolute Gasteiger partial charge is 0.472 e. The lowest BCUT2D eigenvalue weighted by Gasteiger charge is -2.32. The summed E-state index contributed by atoms with van der Waals surface area (Å²) in [6.07, 6.45) is 2.82. The summed E-state index contributed by atoms with van der Waals surface area (Å²) in [6.45, 7) is 11.6. The van der Waals surface area contributed by atoms with E-state index >= 15 is 0 Å². The van der Waals surface area contributed by atoms with E-state index in [1.807, 2.05) is 40.7 Å². The number of hydrogen-bond acceptors (Lipinski definition) is 5. The highest BCUT2D eigenvalue weighted by atomic mass is 16.7. The maximum absolute atomic E-state index is 6.08. The van der Waals surface area contributed by atoms with Crippen molar-refractivity contribution in [2.24, 2.45) is 0 Å². The molecule has 1 aromatic rings. The first-order chi connectivity index (χ1) is 10.3. The van der Waals surface area contributed by atoms with Crippen LogP contribution >= 0.6 is 0 Å². The van der Waals surface area contributed by atoms with Crippen LogP contribution in [0, 0.1) is 6.92 Å². The lowest BCUT2D eigenvalue weighted by atomic mass is 9.77. The minimum atomic E-state index is -0.388. The summed E-state index contributed by atoms with van der Waals surface area (Å²) in [5, 5.41) is 0. The van der Waals surface area contributed by atoms with Gasteiger partial charge in [0.05, 0.1) is 24.4 Å².